The van der Waals surface area contributed by atoms with Crippen molar-refractivity contribution >= 4 is 23.3 Å². The molecule has 0 unspecified atom stereocenters. The Morgan fingerprint density at radius 1 is 1.09 bits per heavy atom. The summed E-state index contributed by atoms with van der Waals surface area (Å²) in [5.41, 5.74) is 7.61. The number of likely N-dealkylation sites (tertiary alicyclic amines) is 1. The molecule has 1 fully saturated rings. The van der Waals surface area contributed by atoms with Crippen LogP contribution in [0.5, 0.6) is 0 Å². The first kappa shape index (κ1) is 23.4. The van der Waals surface area contributed by atoms with Crippen molar-refractivity contribution in [2.45, 2.75) is 65.5 Å². The van der Waals surface area contributed by atoms with Gasteiger partial charge in [0.2, 0.25) is 0 Å². The third-order valence-electron chi connectivity index (χ3n) is 7.11. The minimum Gasteiger partial charge on any atom is -0.363 e. The highest BCUT2D eigenvalue weighted by Gasteiger charge is 2.24. The molecule has 0 atom stereocenters. The fraction of sp³-hybridized carbons (Fsp3) is 0.429. The molecule has 0 amide bonds. The van der Waals surface area contributed by atoms with Gasteiger partial charge >= 0.3 is 0 Å². The maximum atomic E-state index is 4.78. The number of allylic oxidation sites excluding steroid dienone is 4. The zero-order valence-corrected chi connectivity index (χ0v) is 21.2. The van der Waals surface area contributed by atoms with Crippen molar-refractivity contribution in [2.75, 3.05) is 18.4 Å². The summed E-state index contributed by atoms with van der Waals surface area (Å²) in [4.78, 5) is 21.1. The van der Waals surface area contributed by atoms with Crippen molar-refractivity contribution in [1.82, 2.24) is 24.3 Å². The number of imidazole rings is 1. The second-order valence-corrected chi connectivity index (χ2v) is 9.91. The molecule has 35 heavy (non-hydrogen) atoms. The van der Waals surface area contributed by atoms with E-state index in [0.29, 0.717) is 18.5 Å². The van der Waals surface area contributed by atoms with Crippen molar-refractivity contribution < 1.29 is 0 Å². The number of nitrogens with one attached hydrogen (secondary N) is 1. The van der Waals surface area contributed by atoms with Crippen molar-refractivity contribution in [1.29, 1.82) is 0 Å². The minimum atomic E-state index is 0.538. The second kappa shape index (κ2) is 10.1. The monoisotopic (exact) mass is 469 g/mol. The van der Waals surface area contributed by atoms with Crippen LogP contribution < -0.4 is 5.32 Å². The lowest BCUT2D eigenvalue weighted by molar-refractivity contribution is 0.170. The van der Waals surface area contributed by atoms with Gasteiger partial charge in [0.15, 0.2) is 11.5 Å². The lowest BCUT2D eigenvalue weighted by Gasteiger charge is -2.34. The summed E-state index contributed by atoms with van der Waals surface area (Å²) >= 11 is 0. The average Bonchev–Trinajstić information content (AvgIpc) is 3.18. The Kier molecular flexibility index (Phi) is 6.77. The maximum absolute atomic E-state index is 4.78. The number of anilines is 1. The Morgan fingerprint density at radius 2 is 1.91 bits per heavy atom. The Balaban J connectivity index is 1.30. The fourth-order valence-electron chi connectivity index (χ4n) is 5.16. The van der Waals surface area contributed by atoms with E-state index in [1.165, 1.54) is 18.5 Å². The van der Waals surface area contributed by atoms with Crippen LogP contribution in [-0.4, -0.2) is 49.6 Å². The molecule has 3 aromatic rings. The molecule has 0 aromatic carbocycles. The Hall–Kier alpha value is -3.32. The van der Waals surface area contributed by atoms with Crippen LogP contribution in [0.3, 0.4) is 0 Å². The molecule has 182 valence electrons. The summed E-state index contributed by atoms with van der Waals surface area (Å²) in [6.07, 6.45) is 17.3. The lowest BCUT2D eigenvalue weighted by atomic mass is 9.93. The van der Waals surface area contributed by atoms with E-state index >= 15 is 0 Å². The minimum absolute atomic E-state index is 0.538. The van der Waals surface area contributed by atoms with Crippen molar-refractivity contribution in [3.63, 3.8) is 0 Å². The summed E-state index contributed by atoms with van der Waals surface area (Å²) < 4.78 is 2.22. The van der Waals surface area contributed by atoms with Crippen LogP contribution in [-0.2, 0) is 6.54 Å². The maximum Gasteiger partial charge on any atom is 0.180 e. The first-order valence-corrected chi connectivity index (χ1v) is 12.7. The third-order valence-corrected chi connectivity index (χ3v) is 7.11. The van der Waals surface area contributed by atoms with Gasteiger partial charge < -0.3 is 10.2 Å². The van der Waals surface area contributed by atoms with Gasteiger partial charge in [-0.25, -0.2) is 9.97 Å². The van der Waals surface area contributed by atoms with Crippen LogP contribution in [0.4, 0.5) is 5.82 Å². The molecule has 1 saturated heterocycles. The largest absolute Gasteiger partial charge is 0.363 e. The zero-order chi connectivity index (χ0) is 24.4. The highest BCUT2D eigenvalue weighted by Crippen LogP contribution is 2.30. The Labute approximate surface area is 207 Å². The summed E-state index contributed by atoms with van der Waals surface area (Å²) in [6.45, 7) is 11.6. The topological polar surface area (TPSA) is 70.7 Å². The number of rotatable bonds is 6. The first-order valence-electron chi connectivity index (χ1n) is 12.7. The number of aromatic nitrogens is 4. The number of nitrogens with zero attached hydrogens (tertiary/aromatic N) is 6. The van der Waals surface area contributed by atoms with E-state index in [0.717, 1.165) is 59.1 Å². The molecule has 0 bridgehead atoms. The predicted octanol–water partition coefficient (Wildman–Crippen LogP) is 5.39. The van der Waals surface area contributed by atoms with Crippen molar-refractivity contribution in [3.8, 4) is 0 Å². The first-order chi connectivity index (χ1) is 17.0. The van der Waals surface area contributed by atoms with Gasteiger partial charge in [0, 0.05) is 67.3 Å². The van der Waals surface area contributed by atoms with Gasteiger partial charge in [-0.3, -0.25) is 14.4 Å². The van der Waals surface area contributed by atoms with E-state index in [1.807, 2.05) is 37.9 Å². The van der Waals surface area contributed by atoms with Gasteiger partial charge in [0.25, 0.3) is 0 Å². The van der Waals surface area contributed by atoms with Gasteiger partial charge in [-0.1, -0.05) is 12.1 Å². The molecule has 5 rings (SSSR count). The Morgan fingerprint density at radius 3 is 2.69 bits per heavy atom. The van der Waals surface area contributed by atoms with Crippen LogP contribution in [0, 0.1) is 6.92 Å². The second-order valence-electron chi connectivity index (χ2n) is 9.91. The quantitative estimate of drug-likeness (QED) is 0.524. The van der Waals surface area contributed by atoms with Crippen molar-refractivity contribution in [2.24, 2.45) is 4.99 Å². The molecule has 2 aliphatic heterocycles. The summed E-state index contributed by atoms with van der Waals surface area (Å²) in [6, 6.07) is 2.81. The molecule has 2 aliphatic rings. The van der Waals surface area contributed by atoms with Gasteiger partial charge in [-0.15, -0.1) is 0 Å². The zero-order valence-electron chi connectivity index (χ0n) is 21.2. The number of aliphatic imine (C=N–C) groups is 1. The standard InChI is InChI=1S/C28H35N7/c1-19(2)34-11-7-23(8-12-34)25-18-33-28-27(30-10-13-35(25)28)32-17-22-14-20(3)26(31-16-22)24-6-5-9-29-21(4)15-24/h6,9-10,13-16,18-19,23H,5,7-8,11-12,17H2,1-4H3,(H,30,32). The highest BCUT2D eigenvalue weighted by molar-refractivity contribution is 5.79. The van der Waals surface area contributed by atoms with Gasteiger partial charge in [-0.05, 0) is 76.4 Å². The lowest BCUT2D eigenvalue weighted by Crippen LogP contribution is -2.38. The molecule has 7 nitrogen and oxygen atoms in total. The number of fused-ring (bicyclic) bond motifs is 1. The summed E-state index contributed by atoms with van der Waals surface area (Å²) in [7, 11) is 0. The molecule has 3 aromatic heterocycles. The average molecular weight is 470 g/mol. The molecule has 5 heterocycles. The van der Waals surface area contributed by atoms with E-state index in [4.69, 9.17) is 9.97 Å². The van der Waals surface area contributed by atoms with Crippen LogP contribution >= 0.6 is 0 Å². The summed E-state index contributed by atoms with van der Waals surface area (Å²) in [5.74, 6) is 1.35. The smallest absolute Gasteiger partial charge is 0.180 e. The molecular weight excluding hydrogens is 434 g/mol. The highest BCUT2D eigenvalue weighted by atomic mass is 15.2. The van der Waals surface area contributed by atoms with Gasteiger partial charge in [-0.2, -0.15) is 0 Å². The number of piperidine rings is 1. The molecule has 0 spiro atoms. The number of aryl methyl sites for hydroxylation is 1. The van der Waals surface area contributed by atoms with Gasteiger partial charge in [0.05, 0.1) is 5.69 Å². The predicted molar refractivity (Wildman–Crippen MR) is 143 cm³/mol. The van der Waals surface area contributed by atoms with E-state index in [1.54, 1.807) is 0 Å². The van der Waals surface area contributed by atoms with E-state index in [-0.39, 0.29) is 0 Å². The number of pyridine rings is 1. The van der Waals surface area contributed by atoms with Crippen LogP contribution in [0.2, 0.25) is 0 Å². The summed E-state index contributed by atoms with van der Waals surface area (Å²) in [5, 5.41) is 3.50. The Bertz CT molecular complexity index is 1290. The fourth-order valence-corrected chi connectivity index (χ4v) is 5.16. The van der Waals surface area contributed by atoms with E-state index < -0.39 is 0 Å². The van der Waals surface area contributed by atoms with E-state index in [2.05, 4.69) is 63.6 Å². The SMILES string of the molecule is CC1=CC(c2ncc(CNc3nccn4c(C5CCN(C(C)C)CC5)cnc34)cc2C)=CCC=N1. The van der Waals surface area contributed by atoms with Crippen LogP contribution in [0.1, 0.15) is 68.5 Å². The third kappa shape index (κ3) is 5.05. The van der Waals surface area contributed by atoms with E-state index in [9.17, 15) is 0 Å². The van der Waals surface area contributed by atoms with Gasteiger partial charge in [0.1, 0.15) is 0 Å². The van der Waals surface area contributed by atoms with Crippen molar-refractivity contribution in [3.05, 3.63) is 71.2 Å². The van der Waals surface area contributed by atoms with Crippen LogP contribution in [0.15, 0.2) is 53.7 Å². The number of hydrogen-bond donors (Lipinski definition) is 1. The normalized spacial score (nSPS) is 17.5. The molecule has 0 radical (unpaired) electrons. The molecule has 1 N–H and O–H groups in total. The number of hydrogen-bond acceptors (Lipinski definition) is 6. The molecule has 0 saturated carbocycles. The molecular formula is C28H35N7. The molecule has 7 heteroatoms. The van der Waals surface area contributed by atoms with Crippen LogP contribution in [0.25, 0.3) is 11.2 Å². The molecule has 0 aliphatic carbocycles.